The molecule has 1 aromatic rings. The van der Waals surface area contributed by atoms with Crippen molar-refractivity contribution in [3.8, 4) is 11.5 Å². The predicted molar refractivity (Wildman–Crippen MR) is 96.6 cm³/mol. The summed E-state index contributed by atoms with van der Waals surface area (Å²) in [7, 11) is 2.98. The third-order valence-corrected chi connectivity index (χ3v) is 4.59. The minimum Gasteiger partial charge on any atom is -0.493 e. The standard InChI is InChI=1S/C16H16BrNO6S/c1-4-24-13(19)8-18-15(20)12(25-16(18)21)6-9-5-10(17)7-11(22-2)14(9)23-3/h5-7H,4,8H2,1-3H3/b12-6-. The smallest absolute Gasteiger partial charge is 0.326 e. The second kappa shape index (κ2) is 8.39. The first-order valence-electron chi connectivity index (χ1n) is 7.23. The monoisotopic (exact) mass is 429 g/mol. The van der Waals surface area contributed by atoms with Gasteiger partial charge in [-0.1, -0.05) is 15.9 Å². The largest absolute Gasteiger partial charge is 0.493 e. The molecule has 0 atom stereocenters. The Bertz CT molecular complexity index is 748. The quantitative estimate of drug-likeness (QED) is 0.507. The average Bonchev–Trinajstić information content (AvgIpc) is 2.82. The van der Waals surface area contributed by atoms with E-state index < -0.39 is 23.7 Å². The van der Waals surface area contributed by atoms with Crippen LogP contribution in [0.3, 0.4) is 0 Å². The van der Waals surface area contributed by atoms with Gasteiger partial charge in [0.2, 0.25) is 0 Å². The van der Waals surface area contributed by atoms with E-state index in [2.05, 4.69) is 15.9 Å². The van der Waals surface area contributed by atoms with Gasteiger partial charge in [0, 0.05) is 10.0 Å². The van der Waals surface area contributed by atoms with Crippen molar-refractivity contribution in [1.29, 1.82) is 0 Å². The molecule has 1 aliphatic rings. The number of imide groups is 1. The maximum Gasteiger partial charge on any atom is 0.326 e. The van der Waals surface area contributed by atoms with E-state index in [0.29, 0.717) is 17.1 Å². The van der Waals surface area contributed by atoms with Crippen LogP contribution < -0.4 is 9.47 Å². The van der Waals surface area contributed by atoms with Gasteiger partial charge in [-0.05, 0) is 36.9 Å². The fourth-order valence-electron chi connectivity index (χ4n) is 2.18. The third kappa shape index (κ3) is 4.35. The number of hydrogen-bond acceptors (Lipinski definition) is 7. The highest BCUT2D eigenvalue weighted by Gasteiger charge is 2.36. The van der Waals surface area contributed by atoms with E-state index in [1.165, 1.54) is 20.3 Å². The molecule has 0 bridgehead atoms. The number of amides is 2. The Balaban J connectivity index is 2.33. The summed E-state index contributed by atoms with van der Waals surface area (Å²) in [6.07, 6.45) is 1.53. The lowest BCUT2D eigenvalue weighted by Gasteiger charge is -2.12. The van der Waals surface area contributed by atoms with Gasteiger partial charge in [0.05, 0.1) is 25.7 Å². The maximum absolute atomic E-state index is 12.4. The van der Waals surface area contributed by atoms with Crippen LogP contribution in [0.15, 0.2) is 21.5 Å². The van der Waals surface area contributed by atoms with Gasteiger partial charge in [0.15, 0.2) is 11.5 Å². The van der Waals surface area contributed by atoms with Crippen molar-refractivity contribution >= 4 is 50.9 Å². The first-order valence-corrected chi connectivity index (χ1v) is 8.84. The Morgan fingerprint density at radius 2 is 2.00 bits per heavy atom. The molecular formula is C16H16BrNO6S. The van der Waals surface area contributed by atoms with Crippen LogP contribution in [0.2, 0.25) is 0 Å². The number of hydrogen-bond donors (Lipinski definition) is 0. The zero-order valence-corrected chi connectivity index (χ0v) is 16.2. The number of methoxy groups -OCH3 is 2. The molecule has 2 rings (SSSR count). The molecule has 2 amide bonds. The van der Waals surface area contributed by atoms with Crippen LogP contribution in [0, 0.1) is 0 Å². The lowest BCUT2D eigenvalue weighted by molar-refractivity contribution is -0.145. The molecular weight excluding hydrogens is 414 g/mol. The van der Waals surface area contributed by atoms with Crippen LogP contribution >= 0.6 is 27.7 Å². The first kappa shape index (κ1) is 19.3. The van der Waals surface area contributed by atoms with Gasteiger partial charge in [0.25, 0.3) is 11.1 Å². The Morgan fingerprint density at radius 1 is 1.28 bits per heavy atom. The lowest BCUT2D eigenvalue weighted by Crippen LogP contribution is -2.34. The molecule has 0 aromatic heterocycles. The Hall–Kier alpha value is -2.00. The van der Waals surface area contributed by atoms with Crippen molar-refractivity contribution in [3.63, 3.8) is 0 Å². The Labute approximate surface area is 157 Å². The highest BCUT2D eigenvalue weighted by Crippen LogP contribution is 2.39. The molecule has 0 aliphatic carbocycles. The lowest BCUT2D eigenvalue weighted by atomic mass is 10.1. The van der Waals surface area contributed by atoms with Crippen LogP contribution in [0.25, 0.3) is 6.08 Å². The molecule has 0 unspecified atom stereocenters. The van der Waals surface area contributed by atoms with Gasteiger partial charge < -0.3 is 14.2 Å². The molecule has 1 aromatic carbocycles. The third-order valence-electron chi connectivity index (χ3n) is 3.23. The molecule has 0 N–H and O–H groups in total. The van der Waals surface area contributed by atoms with E-state index in [1.54, 1.807) is 19.1 Å². The second-order valence-corrected chi connectivity index (χ2v) is 6.71. The molecule has 25 heavy (non-hydrogen) atoms. The zero-order chi connectivity index (χ0) is 18.6. The van der Waals surface area contributed by atoms with E-state index in [9.17, 15) is 14.4 Å². The van der Waals surface area contributed by atoms with Crippen LogP contribution in [0.4, 0.5) is 4.79 Å². The summed E-state index contributed by atoms with van der Waals surface area (Å²) in [5.41, 5.74) is 0.565. The summed E-state index contributed by atoms with van der Waals surface area (Å²) in [6, 6.07) is 3.46. The number of halogens is 1. The topological polar surface area (TPSA) is 82.1 Å². The van der Waals surface area contributed by atoms with Crippen molar-refractivity contribution in [2.45, 2.75) is 6.92 Å². The second-order valence-electron chi connectivity index (χ2n) is 4.80. The van der Waals surface area contributed by atoms with Crippen LogP contribution in [0.1, 0.15) is 12.5 Å². The highest BCUT2D eigenvalue weighted by molar-refractivity contribution is 9.10. The Morgan fingerprint density at radius 3 is 2.60 bits per heavy atom. The van der Waals surface area contributed by atoms with Crippen LogP contribution in [-0.2, 0) is 14.3 Å². The molecule has 7 nitrogen and oxygen atoms in total. The van der Waals surface area contributed by atoms with Gasteiger partial charge in [-0.25, -0.2) is 0 Å². The van der Waals surface area contributed by atoms with Gasteiger partial charge in [0.1, 0.15) is 6.54 Å². The summed E-state index contributed by atoms with van der Waals surface area (Å²) in [5.74, 6) is -0.270. The van der Waals surface area contributed by atoms with E-state index in [-0.39, 0.29) is 11.5 Å². The molecule has 1 saturated heterocycles. The van der Waals surface area contributed by atoms with E-state index in [4.69, 9.17) is 14.2 Å². The van der Waals surface area contributed by atoms with Crippen molar-refractivity contribution < 1.29 is 28.6 Å². The molecule has 1 aliphatic heterocycles. The minimum atomic E-state index is -0.632. The van der Waals surface area contributed by atoms with Crippen LogP contribution in [-0.4, -0.2) is 49.4 Å². The fourth-order valence-corrected chi connectivity index (χ4v) is 3.46. The highest BCUT2D eigenvalue weighted by atomic mass is 79.9. The summed E-state index contributed by atoms with van der Waals surface area (Å²) in [6.45, 7) is 1.42. The summed E-state index contributed by atoms with van der Waals surface area (Å²) < 4.78 is 16.1. The number of carbonyl (C=O) groups excluding carboxylic acids is 3. The normalized spacial score (nSPS) is 15.7. The molecule has 1 heterocycles. The number of carbonyl (C=O) groups is 3. The van der Waals surface area contributed by atoms with Gasteiger partial charge in [-0.15, -0.1) is 0 Å². The number of nitrogens with zero attached hydrogens (tertiary/aromatic N) is 1. The minimum absolute atomic E-state index is 0.180. The van der Waals surface area contributed by atoms with Crippen molar-refractivity contribution in [2.24, 2.45) is 0 Å². The van der Waals surface area contributed by atoms with Crippen molar-refractivity contribution in [2.75, 3.05) is 27.4 Å². The number of ether oxygens (including phenoxy) is 3. The van der Waals surface area contributed by atoms with E-state index >= 15 is 0 Å². The SMILES string of the molecule is CCOC(=O)CN1C(=O)S/C(=C\c2cc(Br)cc(OC)c2OC)C1=O. The molecule has 134 valence electrons. The fraction of sp³-hybridized carbons (Fsp3) is 0.312. The average molecular weight is 430 g/mol. The molecule has 1 fully saturated rings. The number of thioether (sulfide) groups is 1. The first-order chi connectivity index (χ1) is 11.9. The summed E-state index contributed by atoms with van der Waals surface area (Å²) in [5, 5.41) is -0.523. The van der Waals surface area contributed by atoms with Crippen LogP contribution in [0.5, 0.6) is 11.5 Å². The number of esters is 1. The molecule has 0 spiro atoms. The van der Waals surface area contributed by atoms with E-state index in [0.717, 1.165) is 21.1 Å². The zero-order valence-electron chi connectivity index (χ0n) is 13.8. The number of benzene rings is 1. The van der Waals surface area contributed by atoms with Gasteiger partial charge >= 0.3 is 5.97 Å². The van der Waals surface area contributed by atoms with Crippen molar-refractivity contribution in [3.05, 3.63) is 27.1 Å². The maximum atomic E-state index is 12.4. The van der Waals surface area contributed by atoms with Crippen molar-refractivity contribution in [1.82, 2.24) is 4.90 Å². The molecule has 0 radical (unpaired) electrons. The summed E-state index contributed by atoms with van der Waals surface area (Å²) >= 11 is 4.11. The molecule has 0 saturated carbocycles. The predicted octanol–water partition coefficient (Wildman–Crippen LogP) is 3.07. The summed E-state index contributed by atoms with van der Waals surface area (Å²) in [4.78, 5) is 37.0. The van der Waals surface area contributed by atoms with E-state index in [1.807, 2.05) is 0 Å². The number of rotatable bonds is 6. The van der Waals surface area contributed by atoms with Gasteiger partial charge in [-0.2, -0.15) is 0 Å². The van der Waals surface area contributed by atoms with Gasteiger partial charge in [-0.3, -0.25) is 19.3 Å². The molecule has 9 heteroatoms. The Kier molecular flexibility index (Phi) is 6.49.